The lowest BCUT2D eigenvalue weighted by Crippen LogP contribution is -2.35. The van der Waals surface area contributed by atoms with Crippen LogP contribution in [0.2, 0.25) is 0 Å². The van der Waals surface area contributed by atoms with E-state index in [2.05, 4.69) is 31.0 Å². The van der Waals surface area contributed by atoms with Gasteiger partial charge < -0.3 is 14.6 Å². The number of rotatable bonds is 10. The fourth-order valence-electron chi connectivity index (χ4n) is 2.15. The topological polar surface area (TPSA) is 28.4 Å². The highest BCUT2D eigenvalue weighted by atomic mass is 16.3. The van der Waals surface area contributed by atoms with Crippen LogP contribution < -0.4 is 5.32 Å². The molecule has 0 amide bonds. The lowest BCUT2D eigenvalue weighted by molar-refractivity contribution is 0.233. The molecule has 0 fully saturated rings. The van der Waals surface area contributed by atoms with Gasteiger partial charge in [-0.3, -0.25) is 0 Å². The van der Waals surface area contributed by atoms with Crippen molar-refractivity contribution in [1.29, 1.82) is 0 Å². The summed E-state index contributed by atoms with van der Waals surface area (Å²) < 4.78 is 5.29. The lowest BCUT2D eigenvalue weighted by atomic mass is 10.0. The van der Waals surface area contributed by atoms with Crippen LogP contribution in [0.5, 0.6) is 0 Å². The number of furan rings is 1. The smallest absolute Gasteiger partial charge is 0.117 e. The summed E-state index contributed by atoms with van der Waals surface area (Å²) in [7, 11) is 0. The fraction of sp³-hybridized carbons (Fsp3) is 0.733. The first-order chi connectivity index (χ1) is 8.80. The van der Waals surface area contributed by atoms with E-state index in [1.807, 2.05) is 12.1 Å². The summed E-state index contributed by atoms with van der Waals surface area (Å²) in [6, 6.07) is 3.94. The van der Waals surface area contributed by atoms with E-state index in [9.17, 15) is 0 Å². The minimum absolute atomic E-state index is 0.829. The molecule has 1 N–H and O–H groups in total. The molecule has 0 atom stereocenters. The van der Waals surface area contributed by atoms with E-state index in [4.69, 9.17) is 4.42 Å². The molecule has 18 heavy (non-hydrogen) atoms. The van der Waals surface area contributed by atoms with Gasteiger partial charge in [0.2, 0.25) is 0 Å². The lowest BCUT2D eigenvalue weighted by Gasteiger charge is -2.25. The van der Waals surface area contributed by atoms with E-state index in [1.54, 1.807) is 6.26 Å². The van der Waals surface area contributed by atoms with Gasteiger partial charge in [-0.2, -0.15) is 0 Å². The monoisotopic (exact) mass is 252 g/mol. The van der Waals surface area contributed by atoms with Crippen LogP contribution in [0.1, 0.15) is 39.4 Å². The second kappa shape index (κ2) is 9.17. The summed E-state index contributed by atoms with van der Waals surface area (Å²) in [5.41, 5.74) is 0. The second-order valence-electron chi connectivity index (χ2n) is 4.83. The molecule has 0 saturated carbocycles. The molecule has 0 saturated heterocycles. The fourth-order valence-corrected chi connectivity index (χ4v) is 2.15. The van der Waals surface area contributed by atoms with Crippen LogP contribution in [0.4, 0.5) is 0 Å². The van der Waals surface area contributed by atoms with Crippen LogP contribution in [0.3, 0.4) is 0 Å². The van der Waals surface area contributed by atoms with E-state index in [0.717, 1.165) is 37.9 Å². The van der Waals surface area contributed by atoms with Gasteiger partial charge in [0.15, 0.2) is 0 Å². The summed E-state index contributed by atoms with van der Waals surface area (Å²) in [4.78, 5) is 2.53. The van der Waals surface area contributed by atoms with Crippen molar-refractivity contribution >= 4 is 0 Å². The van der Waals surface area contributed by atoms with Crippen LogP contribution in [0, 0.1) is 5.92 Å². The molecule has 0 spiro atoms. The van der Waals surface area contributed by atoms with Gasteiger partial charge >= 0.3 is 0 Å². The van der Waals surface area contributed by atoms with Crippen molar-refractivity contribution in [1.82, 2.24) is 10.2 Å². The zero-order chi connectivity index (χ0) is 13.2. The third-order valence-electron chi connectivity index (χ3n) is 3.60. The number of nitrogens with one attached hydrogen (secondary N) is 1. The Morgan fingerprint density at radius 1 is 1.28 bits per heavy atom. The summed E-state index contributed by atoms with van der Waals surface area (Å²) in [5, 5.41) is 3.43. The molecule has 0 aromatic carbocycles. The first-order valence-corrected chi connectivity index (χ1v) is 7.25. The summed E-state index contributed by atoms with van der Waals surface area (Å²) >= 11 is 0. The Morgan fingerprint density at radius 3 is 2.61 bits per heavy atom. The number of nitrogens with zero attached hydrogens (tertiary/aromatic N) is 1. The van der Waals surface area contributed by atoms with Crippen molar-refractivity contribution in [3.05, 3.63) is 24.2 Å². The average Bonchev–Trinajstić information content (AvgIpc) is 2.91. The Bertz CT molecular complexity index is 281. The first kappa shape index (κ1) is 15.3. The highest BCUT2D eigenvalue weighted by Crippen LogP contribution is 2.09. The van der Waals surface area contributed by atoms with Gasteiger partial charge in [-0.25, -0.2) is 0 Å². The van der Waals surface area contributed by atoms with E-state index < -0.39 is 0 Å². The zero-order valence-electron chi connectivity index (χ0n) is 12.1. The van der Waals surface area contributed by atoms with Gasteiger partial charge in [0.05, 0.1) is 12.8 Å². The molecule has 1 rings (SSSR count). The molecule has 3 nitrogen and oxygen atoms in total. The van der Waals surface area contributed by atoms with E-state index in [1.165, 1.54) is 19.4 Å². The highest BCUT2D eigenvalue weighted by molar-refractivity contribution is 4.97. The van der Waals surface area contributed by atoms with Crippen molar-refractivity contribution in [2.75, 3.05) is 26.2 Å². The van der Waals surface area contributed by atoms with E-state index in [-0.39, 0.29) is 0 Å². The molecule has 0 unspecified atom stereocenters. The van der Waals surface area contributed by atoms with Gasteiger partial charge in [0.1, 0.15) is 5.76 Å². The molecule has 3 heteroatoms. The molecule has 1 aromatic rings. The van der Waals surface area contributed by atoms with Crippen LogP contribution in [0.25, 0.3) is 0 Å². The molecule has 0 radical (unpaired) electrons. The zero-order valence-corrected chi connectivity index (χ0v) is 12.1. The summed E-state index contributed by atoms with van der Waals surface area (Å²) in [5.74, 6) is 1.85. The van der Waals surface area contributed by atoms with Gasteiger partial charge in [-0.15, -0.1) is 0 Å². The van der Waals surface area contributed by atoms with Crippen molar-refractivity contribution < 1.29 is 4.42 Å². The average molecular weight is 252 g/mol. The van der Waals surface area contributed by atoms with Crippen LogP contribution in [0.15, 0.2) is 22.8 Å². The Hall–Kier alpha value is -0.800. The Kier molecular flexibility index (Phi) is 7.78. The SMILES string of the molecule is CCC(CC)CN(CC)CCNCc1ccco1. The molecule has 1 heterocycles. The second-order valence-corrected chi connectivity index (χ2v) is 4.83. The van der Waals surface area contributed by atoms with Crippen molar-refractivity contribution in [2.45, 2.75) is 40.2 Å². The first-order valence-electron chi connectivity index (χ1n) is 7.25. The minimum atomic E-state index is 0.829. The minimum Gasteiger partial charge on any atom is -0.468 e. The van der Waals surface area contributed by atoms with Gasteiger partial charge in [0.25, 0.3) is 0 Å². The molecule has 0 aliphatic heterocycles. The number of likely N-dealkylation sites (N-methyl/N-ethyl adjacent to an activating group) is 1. The molecule has 0 bridgehead atoms. The van der Waals surface area contributed by atoms with Crippen LogP contribution in [-0.4, -0.2) is 31.1 Å². The Morgan fingerprint density at radius 2 is 2.06 bits per heavy atom. The third-order valence-corrected chi connectivity index (χ3v) is 3.60. The van der Waals surface area contributed by atoms with E-state index in [0.29, 0.717) is 0 Å². The van der Waals surface area contributed by atoms with Gasteiger partial charge in [-0.05, 0) is 24.6 Å². The standard InChI is InChI=1S/C15H28N2O/c1-4-14(5-2)13-17(6-3)10-9-16-12-15-8-7-11-18-15/h7-8,11,14,16H,4-6,9-10,12-13H2,1-3H3. The predicted octanol–water partition coefficient (Wildman–Crippen LogP) is 3.13. The molecule has 104 valence electrons. The maximum absolute atomic E-state index is 5.29. The summed E-state index contributed by atoms with van der Waals surface area (Å²) in [6.07, 6.45) is 4.29. The molecular weight excluding hydrogens is 224 g/mol. The van der Waals surface area contributed by atoms with Crippen molar-refractivity contribution in [3.8, 4) is 0 Å². The van der Waals surface area contributed by atoms with Gasteiger partial charge in [-0.1, -0.05) is 33.6 Å². The third kappa shape index (κ3) is 5.69. The Labute approximate surface area is 112 Å². The molecule has 1 aromatic heterocycles. The van der Waals surface area contributed by atoms with E-state index >= 15 is 0 Å². The number of hydrogen-bond donors (Lipinski definition) is 1. The molecular formula is C15H28N2O. The normalized spacial score (nSPS) is 11.6. The van der Waals surface area contributed by atoms with Crippen molar-refractivity contribution in [3.63, 3.8) is 0 Å². The Balaban J connectivity index is 2.14. The quantitative estimate of drug-likeness (QED) is 0.649. The number of hydrogen-bond acceptors (Lipinski definition) is 3. The predicted molar refractivity (Wildman–Crippen MR) is 76.6 cm³/mol. The van der Waals surface area contributed by atoms with Gasteiger partial charge in [0, 0.05) is 19.6 Å². The largest absolute Gasteiger partial charge is 0.468 e. The highest BCUT2D eigenvalue weighted by Gasteiger charge is 2.09. The summed E-state index contributed by atoms with van der Waals surface area (Å²) in [6.45, 7) is 12.2. The van der Waals surface area contributed by atoms with Crippen LogP contribution in [-0.2, 0) is 6.54 Å². The van der Waals surface area contributed by atoms with Crippen LogP contribution >= 0.6 is 0 Å². The van der Waals surface area contributed by atoms with Crippen molar-refractivity contribution in [2.24, 2.45) is 5.92 Å². The maximum atomic E-state index is 5.29. The maximum Gasteiger partial charge on any atom is 0.117 e. The molecule has 0 aliphatic carbocycles. The molecule has 0 aliphatic rings.